The van der Waals surface area contributed by atoms with Crippen LogP contribution in [0.2, 0.25) is 15.1 Å². The van der Waals surface area contributed by atoms with Crippen LogP contribution in [0.5, 0.6) is 0 Å². The molecule has 2 aromatic carbocycles. The molecule has 0 spiro atoms. The highest BCUT2D eigenvalue weighted by Gasteiger charge is 2.10. The van der Waals surface area contributed by atoms with Gasteiger partial charge in [-0.15, -0.1) is 0 Å². The summed E-state index contributed by atoms with van der Waals surface area (Å²) in [4.78, 5) is 0. The molecule has 1 nitrogen and oxygen atoms in total. The Bertz CT molecular complexity index is 590. The van der Waals surface area contributed by atoms with Crippen molar-refractivity contribution >= 4 is 34.8 Å². The smallest absolute Gasteiger partial charge is 0.0459 e. The van der Waals surface area contributed by atoms with Crippen LogP contribution in [0.25, 0.3) is 11.1 Å². The van der Waals surface area contributed by atoms with Gasteiger partial charge in [0.15, 0.2) is 0 Å². The highest BCUT2D eigenvalue weighted by atomic mass is 35.5. The maximum atomic E-state index is 6.38. The van der Waals surface area contributed by atoms with Gasteiger partial charge in [0.2, 0.25) is 0 Å². The van der Waals surface area contributed by atoms with E-state index >= 15 is 0 Å². The fraction of sp³-hybridized carbons (Fsp3) is 0.250. The van der Waals surface area contributed by atoms with Crippen LogP contribution >= 0.6 is 34.8 Å². The van der Waals surface area contributed by atoms with E-state index in [9.17, 15) is 0 Å². The molecule has 106 valence electrons. The number of hydrogen-bond acceptors (Lipinski definition) is 1. The lowest BCUT2D eigenvalue weighted by Gasteiger charge is -2.15. The Labute approximate surface area is 134 Å². The third-order valence-electron chi connectivity index (χ3n) is 3.17. The molecule has 1 N–H and O–H groups in total. The van der Waals surface area contributed by atoms with Crippen LogP contribution in [0.3, 0.4) is 0 Å². The molecule has 0 aliphatic rings. The lowest BCUT2D eigenvalue weighted by Crippen LogP contribution is -2.17. The molecule has 0 radical (unpaired) electrons. The molecule has 1 atom stereocenters. The van der Waals surface area contributed by atoms with Gasteiger partial charge in [0.1, 0.15) is 0 Å². The Morgan fingerprint density at radius 1 is 0.950 bits per heavy atom. The number of hydrogen-bond donors (Lipinski definition) is 1. The monoisotopic (exact) mass is 327 g/mol. The molecule has 2 aromatic rings. The fourth-order valence-electron chi connectivity index (χ4n) is 2.19. The predicted molar refractivity (Wildman–Crippen MR) is 89.0 cm³/mol. The first-order valence-corrected chi connectivity index (χ1v) is 7.64. The molecule has 0 heterocycles. The van der Waals surface area contributed by atoms with Crippen LogP contribution in [0.1, 0.15) is 25.5 Å². The van der Waals surface area contributed by atoms with Gasteiger partial charge in [0.05, 0.1) is 0 Å². The lowest BCUT2D eigenvalue weighted by molar-refractivity contribution is 0.598. The molecule has 1 unspecified atom stereocenters. The molecule has 0 bridgehead atoms. The normalized spacial score (nSPS) is 12.4. The minimum atomic E-state index is 0.226. The Balaban J connectivity index is 2.37. The number of halogens is 3. The largest absolute Gasteiger partial charge is 0.310 e. The number of rotatable bonds is 4. The van der Waals surface area contributed by atoms with Gasteiger partial charge in [-0.3, -0.25) is 0 Å². The summed E-state index contributed by atoms with van der Waals surface area (Å²) < 4.78 is 0. The zero-order chi connectivity index (χ0) is 14.7. The van der Waals surface area contributed by atoms with Crippen LogP contribution in [0.15, 0.2) is 36.4 Å². The van der Waals surface area contributed by atoms with Gasteiger partial charge in [-0.25, -0.2) is 0 Å². The van der Waals surface area contributed by atoms with Crippen LogP contribution in [-0.4, -0.2) is 6.54 Å². The van der Waals surface area contributed by atoms with Gasteiger partial charge < -0.3 is 5.32 Å². The molecule has 0 saturated carbocycles. The third-order valence-corrected chi connectivity index (χ3v) is 3.94. The topological polar surface area (TPSA) is 12.0 Å². The summed E-state index contributed by atoms with van der Waals surface area (Å²) in [5.41, 5.74) is 3.06. The quantitative estimate of drug-likeness (QED) is 0.727. The summed E-state index contributed by atoms with van der Waals surface area (Å²) in [5, 5.41) is 5.33. The van der Waals surface area contributed by atoms with Crippen molar-refractivity contribution in [3.8, 4) is 11.1 Å². The van der Waals surface area contributed by atoms with E-state index in [1.165, 1.54) is 0 Å². The molecule has 0 aromatic heterocycles. The van der Waals surface area contributed by atoms with Crippen molar-refractivity contribution in [3.63, 3.8) is 0 Å². The van der Waals surface area contributed by atoms with E-state index in [1.54, 1.807) is 6.07 Å². The van der Waals surface area contributed by atoms with Crippen molar-refractivity contribution in [3.05, 3.63) is 57.0 Å². The maximum Gasteiger partial charge on any atom is 0.0459 e. The van der Waals surface area contributed by atoms with E-state index in [2.05, 4.69) is 19.2 Å². The first kappa shape index (κ1) is 15.7. The summed E-state index contributed by atoms with van der Waals surface area (Å²) in [7, 11) is 0. The number of benzene rings is 2. The van der Waals surface area contributed by atoms with Crippen molar-refractivity contribution < 1.29 is 0 Å². The lowest BCUT2D eigenvalue weighted by atomic mass is 10.0. The molecule has 0 aliphatic heterocycles. The van der Waals surface area contributed by atoms with Gasteiger partial charge in [-0.05, 0) is 54.4 Å². The summed E-state index contributed by atoms with van der Waals surface area (Å²) in [5.74, 6) is 0. The summed E-state index contributed by atoms with van der Waals surface area (Å²) >= 11 is 18.5. The van der Waals surface area contributed by atoms with E-state index in [4.69, 9.17) is 34.8 Å². The number of nitrogens with one attached hydrogen (secondary N) is 1. The second-order valence-electron chi connectivity index (χ2n) is 4.67. The molecule has 0 amide bonds. The second kappa shape index (κ2) is 6.82. The molecule has 4 heteroatoms. The van der Waals surface area contributed by atoms with Crippen molar-refractivity contribution in [2.45, 2.75) is 19.9 Å². The van der Waals surface area contributed by atoms with Gasteiger partial charge >= 0.3 is 0 Å². The molecular weight excluding hydrogens is 313 g/mol. The average molecular weight is 329 g/mol. The Hall–Kier alpha value is -0.730. The van der Waals surface area contributed by atoms with Crippen LogP contribution in [-0.2, 0) is 0 Å². The molecule has 0 aliphatic carbocycles. The summed E-state index contributed by atoms with van der Waals surface area (Å²) in [6.45, 7) is 5.08. The highest BCUT2D eigenvalue weighted by Crippen LogP contribution is 2.31. The molecule has 0 saturated heterocycles. The zero-order valence-corrected chi connectivity index (χ0v) is 13.7. The van der Waals surface area contributed by atoms with E-state index in [-0.39, 0.29) is 6.04 Å². The van der Waals surface area contributed by atoms with E-state index < -0.39 is 0 Å². The van der Waals surface area contributed by atoms with Crippen LogP contribution in [0, 0.1) is 0 Å². The standard InChI is InChI=1S/C16H16Cl3N/c1-3-20-10(2)15-5-4-11(8-16(15)19)12-6-13(17)9-14(18)7-12/h4-10,20H,3H2,1-2H3. The van der Waals surface area contributed by atoms with Gasteiger partial charge in [0.25, 0.3) is 0 Å². The minimum absolute atomic E-state index is 0.226. The van der Waals surface area contributed by atoms with Gasteiger partial charge in [0, 0.05) is 21.1 Å². The first-order chi connectivity index (χ1) is 9.51. The highest BCUT2D eigenvalue weighted by molar-refractivity contribution is 6.35. The zero-order valence-electron chi connectivity index (χ0n) is 11.4. The fourth-order valence-corrected chi connectivity index (χ4v) is 3.06. The minimum Gasteiger partial charge on any atom is -0.310 e. The van der Waals surface area contributed by atoms with Crippen molar-refractivity contribution in [2.24, 2.45) is 0 Å². The SMILES string of the molecule is CCNC(C)c1ccc(-c2cc(Cl)cc(Cl)c2)cc1Cl. The molecular formula is C16H16Cl3N. The van der Waals surface area contributed by atoms with Gasteiger partial charge in [-0.2, -0.15) is 0 Å². The Morgan fingerprint density at radius 3 is 2.15 bits per heavy atom. The van der Waals surface area contributed by atoms with Crippen LogP contribution < -0.4 is 5.32 Å². The van der Waals surface area contributed by atoms with Crippen molar-refractivity contribution in [1.82, 2.24) is 5.32 Å². The summed E-state index contributed by atoms with van der Waals surface area (Å²) in [6, 6.07) is 11.7. The maximum absolute atomic E-state index is 6.38. The molecule has 20 heavy (non-hydrogen) atoms. The van der Waals surface area contributed by atoms with Gasteiger partial charge in [-0.1, -0.05) is 53.9 Å². The first-order valence-electron chi connectivity index (χ1n) is 6.50. The van der Waals surface area contributed by atoms with E-state index in [0.29, 0.717) is 10.0 Å². The van der Waals surface area contributed by atoms with Crippen molar-refractivity contribution in [1.29, 1.82) is 0 Å². The van der Waals surface area contributed by atoms with Crippen LogP contribution in [0.4, 0.5) is 0 Å². The predicted octanol–water partition coefficient (Wildman–Crippen LogP) is 5.98. The molecule has 0 fully saturated rings. The summed E-state index contributed by atoms with van der Waals surface area (Å²) in [6.07, 6.45) is 0. The Morgan fingerprint density at radius 2 is 1.60 bits per heavy atom. The molecule has 2 rings (SSSR count). The third kappa shape index (κ3) is 3.67. The van der Waals surface area contributed by atoms with E-state index in [1.807, 2.05) is 30.3 Å². The van der Waals surface area contributed by atoms with E-state index in [0.717, 1.165) is 28.3 Å². The van der Waals surface area contributed by atoms with Crippen molar-refractivity contribution in [2.75, 3.05) is 6.54 Å². The second-order valence-corrected chi connectivity index (χ2v) is 5.95. The Kier molecular flexibility index (Phi) is 5.34. The average Bonchev–Trinajstić information content (AvgIpc) is 2.37.